The van der Waals surface area contributed by atoms with Crippen molar-refractivity contribution in [2.75, 3.05) is 12.4 Å². The second-order valence-electron chi connectivity index (χ2n) is 5.99. The molecule has 0 aromatic heterocycles. The predicted octanol–water partition coefficient (Wildman–Crippen LogP) is 4.49. The lowest BCUT2D eigenvalue weighted by atomic mass is 10.1. The Kier molecular flexibility index (Phi) is 6.84. The van der Waals surface area contributed by atoms with E-state index in [-0.39, 0.29) is 23.2 Å². The van der Waals surface area contributed by atoms with Crippen LogP contribution in [0.3, 0.4) is 0 Å². The minimum atomic E-state index is -0.573. The molecule has 1 fully saturated rings. The lowest BCUT2D eigenvalue weighted by molar-refractivity contribution is -0.148. The van der Waals surface area contributed by atoms with Gasteiger partial charge in [-0.05, 0) is 30.5 Å². The lowest BCUT2D eigenvalue weighted by Gasteiger charge is -2.30. The normalized spacial score (nSPS) is 20.5. The Bertz CT molecular complexity index is 624. The topological polar surface area (TPSA) is 46.6 Å². The highest BCUT2D eigenvalue weighted by molar-refractivity contribution is 8.00. The summed E-state index contributed by atoms with van der Waals surface area (Å²) in [6.07, 6.45) is 0.750. The van der Waals surface area contributed by atoms with E-state index >= 15 is 0 Å². The van der Waals surface area contributed by atoms with E-state index in [0.717, 1.165) is 6.42 Å². The van der Waals surface area contributed by atoms with Crippen LogP contribution in [0.25, 0.3) is 0 Å². The van der Waals surface area contributed by atoms with Crippen molar-refractivity contribution < 1.29 is 14.3 Å². The van der Waals surface area contributed by atoms with Crippen molar-refractivity contribution >= 4 is 46.8 Å². The molecule has 4 nitrogen and oxygen atoms in total. The first-order valence-corrected chi connectivity index (χ1v) is 9.73. The number of amides is 1. The van der Waals surface area contributed by atoms with E-state index in [2.05, 4.69) is 0 Å². The number of hydrogen-bond donors (Lipinski definition) is 0. The maximum atomic E-state index is 13.0. The number of benzene rings is 1. The first-order chi connectivity index (χ1) is 11.4. The van der Waals surface area contributed by atoms with Gasteiger partial charge in [0.25, 0.3) is 5.91 Å². The van der Waals surface area contributed by atoms with E-state index in [9.17, 15) is 9.59 Å². The summed E-state index contributed by atoms with van der Waals surface area (Å²) in [7, 11) is 0. The standard InChI is InChI=1S/C17H21Cl2NO3S/c1-4-7-23-17(22)14-9-24-16(10(2)3)20(14)15(21)11-5-6-12(18)13(19)8-11/h5-6,8,10,14,16H,4,7,9H2,1-3H3/t14-,16+/m0/s1. The van der Waals surface area contributed by atoms with Crippen LogP contribution in [0.4, 0.5) is 0 Å². The molecule has 0 aliphatic carbocycles. The van der Waals surface area contributed by atoms with Crippen molar-refractivity contribution in [3.63, 3.8) is 0 Å². The number of halogens is 2. The third-order valence-corrected chi connectivity index (χ3v) is 6.09. The Morgan fingerprint density at radius 3 is 2.62 bits per heavy atom. The van der Waals surface area contributed by atoms with Crippen LogP contribution in [0.1, 0.15) is 37.6 Å². The van der Waals surface area contributed by atoms with E-state index < -0.39 is 6.04 Å². The maximum absolute atomic E-state index is 13.0. The summed E-state index contributed by atoms with van der Waals surface area (Å²) in [5.41, 5.74) is 0.422. The van der Waals surface area contributed by atoms with Crippen molar-refractivity contribution in [3.05, 3.63) is 33.8 Å². The highest BCUT2D eigenvalue weighted by Gasteiger charge is 2.43. The molecule has 0 bridgehead atoms. The Labute approximate surface area is 156 Å². The van der Waals surface area contributed by atoms with Gasteiger partial charge in [0.15, 0.2) is 0 Å². The molecule has 132 valence electrons. The van der Waals surface area contributed by atoms with Crippen molar-refractivity contribution in [1.29, 1.82) is 0 Å². The third-order valence-electron chi connectivity index (χ3n) is 3.73. The van der Waals surface area contributed by atoms with Crippen LogP contribution >= 0.6 is 35.0 Å². The highest BCUT2D eigenvalue weighted by atomic mass is 35.5. The number of carbonyl (C=O) groups excluding carboxylic acids is 2. The van der Waals surface area contributed by atoms with Crippen molar-refractivity contribution in [2.24, 2.45) is 5.92 Å². The van der Waals surface area contributed by atoms with Crippen molar-refractivity contribution in [3.8, 4) is 0 Å². The number of carbonyl (C=O) groups is 2. The molecule has 1 aromatic rings. The van der Waals surface area contributed by atoms with Crippen LogP contribution in [0.15, 0.2) is 18.2 Å². The van der Waals surface area contributed by atoms with Crippen molar-refractivity contribution in [2.45, 2.75) is 38.6 Å². The summed E-state index contributed by atoms with van der Waals surface area (Å²) in [6.45, 7) is 6.37. The van der Waals surface area contributed by atoms with E-state index in [1.807, 2.05) is 20.8 Å². The lowest BCUT2D eigenvalue weighted by Crippen LogP contribution is -2.47. The van der Waals surface area contributed by atoms with Gasteiger partial charge in [0.2, 0.25) is 0 Å². The highest BCUT2D eigenvalue weighted by Crippen LogP contribution is 2.36. The van der Waals surface area contributed by atoms with E-state index in [1.54, 1.807) is 34.9 Å². The minimum absolute atomic E-state index is 0.0777. The van der Waals surface area contributed by atoms with Crippen molar-refractivity contribution in [1.82, 2.24) is 4.90 Å². The molecule has 2 rings (SSSR count). The van der Waals surface area contributed by atoms with Crippen LogP contribution in [0.2, 0.25) is 10.0 Å². The quantitative estimate of drug-likeness (QED) is 0.696. The molecule has 1 aliphatic rings. The largest absolute Gasteiger partial charge is 0.464 e. The van der Waals surface area contributed by atoms with Gasteiger partial charge in [-0.1, -0.05) is 44.0 Å². The zero-order valence-electron chi connectivity index (χ0n) is 13.9. The number of thioether (sulfide) groups is 1. The van der Waals surface area contributed by atoms with Crippen LogP contribution in [-0.4, -0.2) is 40.6 Å². The second kappa shape index (κ2) is 8.45. The molecule has 0 unspecified atom stereocenters. The number of nitrogens with zero attached hydrogens (tertiary/aromatic N) is 1. The number of hydrogen-bond acceptors (Lipinski definition) is 4. The number of esters is 1. The number of rotatable bonds is 5. The molecule has 7 heteroatoms. The summed E-state index contributed by atoms with van der Waals surface area (Å²) in [4.78, 5) is 27.0. The van der Waals surface area contributed by atoms with E-state index in [4.69, 9.17) is 27.9 Å². The van der Waals surface area contributed by atoms with Gasteiger partial charge in [-0.3, -0.25) is 4.79 Å². The predicted molar refractivity (Wildman–Crippen MR) is 98.8 cm³/mol. The minimum Gasteiger partial charge on any atom is -0.464 e. The molecule has 24 heavy (non-hydrogen) atoms. The summed E-state index contributed by atoms with van der Waals surface area (Å²) < 4.78 is 5.27. The fourth-order valence-electron chi connectivity index (χ4n) is 2.56. The molecule has 1 aromatic carbocycles. The summed E-state index contributed by atoms with van der Waals surface area (Å²) in [5, 5.41) is 0.634. The second-order valence-corrected chi connectivity index (χ2v) is 7.96. The van der Waals surface area contributed by atoms with Crippen LogP contribution < -0.4 is 0 Å². The van der Waals surface area contributed by atoms with Crippen LogP contribution in [0.5, 0.6) is 0 Å². The fourth-order valence-corrected chi connectivity index (χ4v) is 4.32. The molecule has 2 atom stereocenters. The van der Waals surface area contributed by atoms with Gasteiger partial charge in [-0.25, -0.2) is 4.79 Å². The summed E-state index contributed by atoms with van der Waals surface area (Å²) in [5.74, 6) is 0.181. The van der Waals surface area contributed by atoms with E-state index in [0.29, 0.717) is 28.0 Å². The first kappa shape index (κ1) is 19.4. The average molecular weight is 390 g/mol. The summed E-state index contributed by atoms with van der Waals surface area (Å²) >= 11 is 13.6. The van der Waals surface area contributed by atoms with Gasteiger partial charge < -0.3 is 9.64 Å². The van der Waals surface area contributed by atoms with Gasteiger partial charge >= 0.3 is 5.97 Å². The molecular formula is C17H21Cl2NO3S. The molecule has 0 spiro atoms. The Balaban J connectivity index is 2.29. The SMILES string of the molecule is CCCOC(=O)[C@@H]1CS[C@H](C(C)C)N1C(=O)c1ccc(Cl)c(Cl)c1. The third kappa shape index (κ3) is 4.19. The monoisotopic (exact) mass is 389 g/mol. The molecule has 1 heterocycles. The maximum Gasteiger partial charge on any atom is 0.329 e. The molecule has 1 aliphatic heterocycles. The molecule has 1 saturated heterocycles. The Morgan fingerprint density at radius 1 is 1.33 bits per heavy atom. The zero-order chi connectivity index (χ0) is 17.9. The van der Waals surface area contributed by atoms with Gasteiger partial charge in [-0.2, -0.15) is 0 Å². The molecule has 0 N–H and O–H groups in total. The Morgan fingerprint density at radius 2 is 2.04 bits per heavy atom. The Hall–Kier alpha value is -0.910. The zero-order valence-corrected chi connectivity index (χ0v) is 16.2. The van der Waals surface area contributed by atoms with Gasteiger partial charge in [0.1, 0.15) is 6.04 Å². The first-order valence-electron chi connectivity index (χ1n) is 7.92. The van der Waals surface area contributed by atoms with Crippen LogP contribution in [-0.2, 0) is 9.53 Å². The smallest absolute Gasteiger partial charge is 0.329 e. The average Bonchev–Trinajstić information content (AvgIpc) is 2.99. The molecule has 0 saturated carbocycles. The van der Waals surface area contributed by atoms with E-state index in [1.165, 1.54) is 0 Å². The summed E-state index contributed by atoms with van der Waals surface area (Å²) in [6, 6.07) is 4.19. The number of ether oxygens (including phenoxy) is 1. The molecule has 1 amide bonds. The van der Waals surface area contributed by atoms with Gasteiger partial charge in [0.05, 0.1) is 22.0 Å². The van der Waals surface area contributed by atoms with Crippen LogP contribution in [0, 0.1) is 5.92 Å². The molecular weight excluding hydrogens is 369 g/mol. The van der Waals surface area contributed by atoms with Gasteiger partial charge in [0, 0.05) is 11.3 Å². The fraction of sp³-hybridized carbons (Fsp3) is 0.529. The molecule has 0 radical (unpaired) electrons. The van der Waals surface area contributed by atoms with Gasteiger partial charge in [-0.15, -0.1) is 11.8 Å².